The van der Waals surface area contributed by atoms with Crippen LogP contribution < -0.4 is 0 Å². The third-order valence-corrected chi connectivity index (χ3v) is 1.23. The van der Waals surface area contributed by atoms with Crippen molar-refractivity contribution in [1.29, 1.82) is 0 Å². The van der Waals surface area contributed by atoms with Crippen molar-refractivity contribution < 1.29 is 9.90 Å². The smallest absolute Gasteiger partial charge is 0.229 e. The summed E-state index contributed by atoms with van der Waals surface area (Å²) < 4.78 is 0. The lowest BCUT2D eigenvalue weighted by atomic mass is 10.3. The molecule has 3 nitrogen and oxygen atoms in total. The molecular formula is C6H9NO2. The molecule has 0 unspecified atom stereocenters. The van der Waals surface area contributed by atoms with Gasteiger partial charge in [-0.1, -0.05) is 0 Å². The maximum Gasteiger partial charge on any atom is 0.229 e. The first-order valence-corrected chi connectivity index (χ1v) is 2.91. The van der Waals surface area contributed by atoms with Gasteiger partial charge in [0.1, 0.15) is 0 Å². The fraction of sp³-hybridized carbons (Fsp3) is 0.500. The van der Waals surface area contributed by atoms with Crippen molar-refractivity contribution in [2.45, 2.75) is 6.42 Å². The second-order valence-electron chi connectivity index (χ2n) is 1.90. The largest absolute Gasteiger partial charge is 0.396 e. The van der Waals surface area contributed by atoms with E-state index in [1.165, 1.54) is 0 Å². The lowest BCUT2D eigenvalue weighted by Gasteiger charge is -2.22. The Balaban J connectivity index is 2.26. The molecule has 1 aliphatic heterocycles. The number of carbonyl (C=O) groups excluding carboxylic acids is 1. The van der Waals surface area contributed by atoms with Crippen LogP contribution in [0.15, 0.2) is 12.3 Å². The minimum Gasteiger partial charge on any atom is -0.396 e. The van der Waals surface area contributed by atoms with Crippen LogP contribution in [0, 0.1) is 0 Å². The molecular weight excluding hydrogens is 118 g/mol. The van der Waals surface area contributed by atoms with Gasteiger partial charge in [0, 0.05) is 12.7 Å². The lowest BCUT2D eigenvalue weighted by molar-refractivity contribution is -0.129. The second kappa shape index (κ2) is 2.64. The molecule has 1 amide bonds. The van der Waals surface area contributed by atoms with E-state index in [-0.39, 0.29) is 18.9 Å². The van der Waals surface area contributed by atoms with Gasteiger partial charge in [-0.05, 0) is 6.08 Å². The molecule has 0 aromatic rings. The molecule has 0 saturated carbocycles. The maximum absolute atomic E-state index is 10.7. The molecule has 1 rings (SSSR count). The fourth-order valence-corrected chi connectivity index (χ4v) is 0.635. The Morgan fingerprint density at radius 3 is 2.78 bits per heavy atom. The zero-order chi connectivity index (χ0) is 6.69. The molecule has 1 heterocycles. The number of rotatable bonds is 2. The molecule has 0 spiro atoms. The summed E-state index contributed by atoms with van der Waals surface area (Å²) in [5, 5.41) is 8.33. The topological polar surface area (TPSA) is 40.5 Å². The highest BCUT2D eigenvalue weighted by Gasteiger charge is 2.12. The number of hydrogen-bond acceptors (Lipinski definition) is 2. The molecule has 0 fully saturated rings. The number of hydrogen-bond donors (Lipinski definition) is 1. The molecule has 1 aliphatic rings. The molecule has 0 bridgehead atoms. The van der Waals surface area contributed by atoms with E-state index in [0.29, 0.717) is 6.54 Å². The fourth-order valence-electron chi connectivity index (χ4n) is 0.635. The van der Waals surface area contributed by atoms with Crippen LogP contribution in [0.2, 0.25) is 0 Å². The summed E-state index contributed by atoms with van der Waals surface area (Å²) in [4.78, 5) is 12.3. The van der Waals surface area contributed by atoms with Crippen LogP contribution in [0.4, 0.5) is 0 Å². The van der Waals surface area contributed by atoms with Crippen LogP contribution in [-0.2, 0) is 4.79 Å². The minimum atomic E-state index is -0.0524. The Hall–Kier alpha value is -0.830. The average molecular weight is 127 g/mol. The van der Waals surface area contributed by atoms with Gasteiger partial charge in [-0.2, -0.15) is 0 Å². The van der Waals surface area contributed by atoms with Gasteiger partial charge in [-0.15, -0.1) is 0 Å². The van der Waals surface area contributed by atoms with Crippen LogP contribution in [0.1, 0.15) is 6.42 Å². The van der Waals surface area contributed by atoms with E-state index in [9.17, 15) is 4.79 Å². The predicted molar refractivity (Wildman–Crippen MR) is 32.6 cm³/mol. The Bertz CT molecular complexity index is 142. The van der Waals surface area contributed by atoms with Crippen molar-refractivity contribution in [2.75, 3.05) is 13.2 Å². The van der Waals surface area contributed by atoms with Crippen LogP contribution in [0.25, 0.3) is 0 Å². The van der Waals surface area contributed by atoms with Gasteiger partial charge in [0.05, 0.1) is 13.0 Å². The van der Waals surface area contributed by atoms with E-state index < -0.39 is 0 Å². The van der Waals surface area contributed by atoms with Gasteiger partial charge in [-0.3, -0.25) is 4.79 Å². The highest BCUT2D eigenvalue weighted by atomic mass is 16.3. The van der Waals surface area contributed by atoms with E-state index in [1.807, 2.05) is 6.08 Å². The number of carbonyl (C=O) groups is 1. The average Bonchev–Trinajstić information content (AvgIpc) is 1.60. The molecule has 0 saturated heterocycles. The number of aliphatic hydroxyl groups is 1. The van der Waals surface area contributed by atoms with Crippen molar-refractivity contribution in [3.05, 3.63) is 12.3 Å². The summed E-state index contributed by atoms with van der Waals surface area (Å²) in [6.07, 6.45) is 3.86. The van der Waals surface area contributed by atoms with Gasteiger partial charge < -0.3 is 10.0 Å². The lowest BCUT2D eigenvalue weighted by Crippen LogP contribution is -2.31. The number of nitrogens with zero attached hydrogens (tertiary/aromatic N) is 1. The normalized spacial score (nSPS) is 15.4. The quantitative estimate of drug-likeness (QED) is 0.554. The van der Waals surface area contributed by atoms with E-state index in [2.05, 4.69) is 0 Å². The summed E-state index contributed by atoms with van der Waals surface area (Å²) >= 11 is 0. The van der Waals surface area contributed by atoms with Gasteiger partial charge in [0.15, 0.2) is 0 Å². The van der Waals surface area contributed by atoms with E-state index in [1.54, 1.807) is 11.1 Å². The van der Waals surface area contributed by atoms with Gasteiger partial charge in [0.2, 0.25) is 5.91 Å². The molecule has 0 aliphatic carbocycles. The van der Waals surface area contributed by atoms with E-state index in [0.717, 1.165) is 0 Å². The Kier molecular flexibility index (Phi) is 1.85. The van der Waals surface area contributed by atoms with Crippen molar-refractivity contribution in [2.24, 2.45) is 0 Å². The van der Waals surface area contributed by atoms with Crippen LogP contribution in [0.5, 0.6) is 0 Å². The Morgan fingerprint density at radius 2 is 2.44 bits per heavy atom. The SMILES string of the molecule is O=C(CCO)N1C=CC1. The standard InChI is InChI=1S/C6H9NO2/c8-5-2-6(9)7-3-1-4-7/h1,3,8H,2,4-5H2. The summed E-state index contributed by atoms with van der Waals surface area (Å²) in [7, 11) is 0. The summed E-state index contributed by atoms with van der Waals surface area (Å²) in [5.41, 5.74) is 0. The molecule has 3 heteroatoms. The third kappa shape index (κ3) is 1.29. The van der Waals surface area contributed by atoms with Crippen molar-refractivity contribution in [3.63, 3.8) is 0 Å². The second-order valence-corrected chi connectivity index (χ2v) is 1.90. The number of aliphatic hydroxyl groups excluding tert-OH is 1. The Labute approximate surface area is 53.6 Å². The van der Waals surface area contributed by atoms with E-state index >= 15 is 0 Å². The first kappa shape index (κ1) is 6.29. The summed E-state index contributed by atoms with van der Waals surface area (Å²) in [5.74, 6) is 0.000000000000000666. The summed E-state index contributed by atoms with van der Waals surface area (Å²) in [6.45, 7) is 0.655. The van der Waals surface area contributed by atoms with Gasteiger partial charge in [0.25, 0.3) is 0 Å². The maximum atomic E-state index is 10.7. The first-order chi connectivity index (χ1) is 4.34. The predicted octanol–water partition coefficient (Wildman–Crippen LogP) is -0.275. The zero-order valence-electron chi connectivity index (χ0n) is 5.08. The third-order valence-electron chi connectivity index (χ3n) is 1.23. The van der Waals surface area contributed by atoms with Crippen molar-refractivity contribution in [3.8, 4) is 0 Å². The van der Waals surface area contributed by atoms with Crippen molar-refractivity contribution >= 4 is 5.91 Å². The first-order valence-electron chi connectivity index (χ1n) is 2.91. The molecule has 0 atom stereocenters. The van der Waals surface area contributed by atoms with Gasteiger partial charge in [-0.25, -0.2) is 0 Å². The number of amides is 1. The molecule has 1 N–H and O–H groups in total. The van der Waals surface area contributed by atoms with Crippen LogP contribution in [-0.4, -0.2) is 29.1 Å². The monoisotopic (exact) mass is 127 g/mol. The molecule has 0 aromatic carbocycles. The van der Waals surface area contributed by atoms with E-state index in [4.69, 9.17) is 5.11 Å². The summed E-state index contributed by atoms with van der Waals surface area (Å²) in [6, 6.07) is 0. The zero-order valence-corrected chi connectivity index (χ0v) is 5.08. The van der Waals surface area contributed by atoms with Gasteiger partial charge >= 0.3 is 0 Å². The van der Waals surface area contributed by atoms with Crippen LogP contribution in [0.3, 0.4) is 0 Å². The highest BCUT2D eigenvalue weighted by Crippen LogP contribution is 2.03. The molecule has 9 heavy (non-hydrogen) atoms. The Morgan fingerprint density at radius 1 is 1.78 bits per heavy atom. The highest BCUT2D eigenvalue weighted by molar-refractivity contribution is 5.78. The van der Waals surface area contributed by atoms with Crippen LogP contribution >= 0.6 is 0 Å². The molecule has 0 radical (unpaired) electrons. The molecule has 50 valence electrons. The van der Waals surface area contributed by atoms with Crippen molar-refractivity contribution in [1.82, 2.24) is 4.90 Å². The molecule has 0 aromatic heterocycles. The minimum absolute atomic E-state index is 0.000000000000000666.